The summed E-state index contributed by atoms with van der Waals surface area (Å²) in [7, 11) is 1.62. The van der Waals surface area contributed by atoms with E-state index in [1.807, 2.05) is 42.5 Å². The van der Waals surface area contributed by atoms with Crippen molar-refractivity contribution in [1.29, 1.82) is 0 Å². The molecule has 1 amide bonds. The number of rotatable bonds is 6. The van der Waals surface area contributed by atoms with Gasteiger partial charge in [0.2, 0.25) is 5.91 Å². The number of hydrogen-bond donors (Lipinski definition) is 1. The SMILES string of the molecule is COc1cccc(/C=C/C(=O)NCC2(c3cccc(Cl)c3)CCOCC2)c1. The lowest BCUT2D eigenvalue weighted by molar-refractivity contribution is -0.116. The molecule has 4 nitrogen and oxygen atoms in total. The van der Waals surface area contributed by atoms with Crippen LogP contribution in [-0.2, 0) is 14.9 Å². The van der Waals surface area contributed by atoms with Crippen molar-refractivity contribution < 1.29 is 14.3 Å². The summed E-state index contributed by atoms with van der Waals surface area (Å²) in [6.07, 6.45) is 5.05. The van der Waals surface area contributed by atoms with Crippen molar-refractivity contribution in [3.8, 4) is 5.75 Å². The summed E-state index contributed by atoms with van der Waals surface area (Å²) in [5, 5.41) is 3.77. The Bertz CT molecular complexity index is 813. The molecule has 1 saturated heterocycles. The van der Waals surface area contributed by atoms with Gasteiger partial charge in [-0.3, -0.25) is 4.79 Å². The Morgan fingerprint density at radius 1 is 1.22 bits per heavy atom. The van der Waals surface area contributed by atoms with E-state index in [-0.39, 0.29) is 11.3 Å². The lowest BCUT2D eigenvalue weighted by atomic mass is 9.74. The van der Waals surface area contributed by atoms with Gasteiger partial charge in [-0.15, -0.1) is 0 Å². The Morgan fingerprint density at radius 2 is 2.00 bits per heavy atom. The predicted octanol–water partition coefficient (Wildman–Crippen LogP) is 4.23. The molecule has 0 radical (unpaired) electrons. The molecule has 1 aliphatic rings. The second-order valence-corrected chi connectivity index (χ2v) is 7.17. The van der Waals surface area contributed by atoms with Gasteiger partial charge < -0.3 is 14.8 Å². The number of hydrogen-bond acceptors (Lipinski definition) is 3. The Labute approximate surface area is 165 Å². The van der Waals surface area contributed by atoms with Gasteiger partial charge in [-0.1, -0.05) is 35.9 Å². The van der Waals surface area contributed by atoms with Crippen molar-refractivity contribution in [2.45, 2.75) is 18.3 Å². The maximum atomic E-state index is 12.4. The predicted molar refractivity (Wildman–Crippen MR) is 108 cm³/mol. The first-order valence-corrected chi connectivity index (χ1v) is 9.43. The van der Waals surface area contributed by atoms with Gasteiger partial charge in [0.1, 0.15) is 5.75 Å². The second kappa shape index (κ2) is 9.07. The summed E-state index contributed by atoms with van der Waals surface area (Å²) in [5.74, 6) is 0.644. The lowest BCUT2D eigenvalue weighted by Crippen LogP contribution is -2.44. The molecule has 0 atom stereocenters. The molecule has 0 aromatic heterocycles. The zero-order valence-electron chi connectivity index (χ0n) is 15.4. The normalized spacial score (nSPS) is 16.2. The monoisotopic (exact) mass is 385 g/mol. The summed E-state index contributed by atoms with van der Waals surface area (Å²) in [5.41, 5.74) is 1.92. The van der Waals surface area contributed by atoms with Gasteiger partial charge in [-0.2, -0.15) is 0 Å². The van der Waals surface area contributed by atoms with Gasteiger partial charge in [0, 0.05) is 36.3 Å². The van der Waals surface area contributed by atoms with Crippen molar-refractivity contribution in [1.82, 2.24) is 5.32 Å². The van der Waals surface area contributed by atoms with E-state index in [0.717, 1.165) is 29.7 Å². The highest BCUT2D eigenvalue weighted by Crippen LogP contribution is 2.35. The zero-order valence-corrected chi connectivity index (χ0v) is 16.2. The molecule has 5 heteroatoms. The quantitative estimate of drug-likeness (QED) is 0.757. The van der Waals surface area contributed by atoms with Crippen molar-refractivity contribution in [3.05, 3.63) is 70.8 Å². The Kier molecular flexibility index (Phi) is 6.54. The maximum Gasteiger partial charge on any atom is 0.244 e. The zero-order chi connectivity index (χ0) is 19.1. The van der Waals surface area contributed by atoms with Gasteiger partial charge in [0.25, 0.3) is 0 Å². The molecular weight excluding hydrogens is 362 g/mol. The van der Waals surface area contributed by atoms with Crippen molar-refractivity contribution in [3.63, 3.8) is 0 Å². The van der Waals surface area contributed by atoms with E-state index in [2.05, 4.69) is 11.4 Å². The number of carbonyl (C=O) groups is 1. The third-order valence-electron chi connectivity index (χ3n) is 5.01. The van der Waals surface area contributed by atoms with Gasteiger partial charge in [0.15, 0.2) is 0 Å². The van der Waals surface area contributed by atoms with Crippen LogP contribution in [0.2, 0.25) is 5.02 Å². The molecule has 2 aromatic carbocycles. The van der Waals surface area contributed by atoms with Crippen molar-refractivity contribution in [2.75, 3.05) is 26.9 Å². The van der Waals surface area contributed by atoms with E-state index in [1.54, 1.807) is 19.3 Å². The van der Waals surface area contributed by atoms with Gasteiger partial charge in [0.05, 0.1) is 7.11 Å². The number of ether oxygens (including phenoxy) is 2. The van der Waals surface area contributed by atoms with Crippen LogP contribution in [0.25, 0.3) is 6.08 Å². The smallest absolute Gasteiger partial charge is 0.244 e. The number of benzene rings is 2. The van der Waals surface area contributed by atoms with Crippen LogP contribution in [0.3, 0.4) is 0 Å². The molecule has 0 spiro atoms. The third kappa shape index (κ3) is 5.12. The summed E-state index contributed by atoms with van der Waals surface area (Å²) in [6, 6.07) is 15.5. The number of carbonyl (C=O) groups excluding carboxylic acids is 1. The molecule has 0 bridgehead atoms. The minimum Gasteiger partial charge on any atom is -0.497 e. The first kappa shape index (κ1) is 19.5. The fraction of sp³-hybridized carbons (Fsp3) is 0.318. The maximum absolute atomic E-state index is 12.4. The largest absolute Gasteiger partial charge is 0.497 e. The Morgan fingerprint density at radius 3 is 2.74 bits per heavy atom. The second-order valence-electron chi connectivity index (χ2n) is 6.73. The van der Waals surface area contributed by atoms with Gasteiger partial charge in [-0.25, -0.2) is 0 Å². The van der Waals surface area contributed by atoms with E-state index < -0.39 is 0 Å². The number of nitrogens with one attached hydrogen (secondary N) is 1. The Hall–Kier alpha value is -2.30. The Balaban J connectivity index is 1.68. The average molecular weight is 386 g/mol. The van der Waals surface area contributed by atoms with E-state index in [1.165, 1.54) is 0 Å². The third-order valence-corrected chi connectivity index (χ3v) is 5.24. The standard InChI is InChI=1S/C22H24ClNO3/c1-26-20-7-2-4-17(14-20)8-9-21(25)24-16-22(10-12-27-13-11-22)18-5-3-6-19(23)15-18/h2-9,14-15H,10-13,16H2,1H3,(H,24,25)/b9-8+. The van der Waals surface area contributed by atoms with E-state index in [9.17, 15) is 4.79 Å². The number of halogens is 1. The van der Waals surface area contributed by atoms with E-state index in [0.29, 0.717) is 24.8 Å². The summed E-state index contributed by atoms with van der Waals surface area (Å²) in [6.45, 7) is 1.92. The van der Waals surface area contributed by atoms with Crippen LogP contribution in [0.15, 0.2) is 54.6 Å². The molecule has 2 aromatic rings. The van der Waals surface area contributed by atoms with Gasteiger partial charge in [-0.05, 0) is 54.3 Å². The van der Waals surface area contributed by atoms with Crippen molar-refractivity contribution in [2.24, 2.45) is 0 Å². The summed E-state index contributed by atoms with van der Waals surface area (Å²) < 4.78 is 10.7. The van der Waals surface area contributed by atoms with Crippen LogP contribution in [0.4, 0.5) is 0 Å². The highest BCUT2D eigenvalue weighted by Gasteiger charge is 2.34. The highest BCUT2D eigenvalue weighted by atomic mass is 35.5. The molecule has 0 unspecified atom stereocenters. The fourth-order valence-electron chi connectivity index (χ4n) is 3.38. The fourth-order valence-corrected chi connectivity index (χ4v) is 3.57. The van der Waals surface area contributed by atoms with Crippen LogP contribution in [0, 0.1) is 0 Å². The molecule has 0 aliphatic carbocycles. The molecule has 0 saturated carbocycles. The summed E-state index contributed by atoms with van der Waals surface area (Å²) >= 11 is 6.19. The van der Waals surface area contributed by atoms with E-state index in [4.69, 9.17) is 21.1 Å². The molecule has 27 heavy (non-hydrogen) atoms. The van der Waals surface area contributed by atoms with Crippen LogP contribution in [0.1, 0.15) is 24.0 Å². The molecule has 1 aliphatic heterocycles. The molecule has 3 rings (SSSR count). The molecule has 1 heterocycles. The first-order chi connectivity index (χ1) is 13.1. The van der Waals surface area contributed by atoms with Gasteiger partial charge >= 0.3 is 0 Å². The van der Waals surface area contributed by atoms with Crippen molar-refractivity contribution >= 4 is 23.6 Å². The molecule has 1 fully saturated rings. The van der Waals surface area contributed by atoms with Crippen LogP contribution in [0.5, 0.6) is 5.75 Å². The first-order valence-electron chi connectivity index (χ1n) is 9.05. The topological polar surface area (TPSA) is 47.6 Å². The number of amides is 1. The van der Waals surface area contributed by atoms with Crippen LogP contribution >= 0.6 is 11.6 Å². The molecule has 1 N–H and O–H groups in total. The lowest BCUT2D eigenvalue weighted by Gasteiger charge is -2.38. The highest BCUT2D eigenvalue weighted by molar-refractivity contribution is 6.30. The van der Waals surface area contributed by atoms with Crippen LogP contribution < -0.4 is 10.1 Å². The minimum absolute atomic E-state index is 0.120. The summed E-state index contributed by atoms with van der Waals surface area (Å²) in [4.78, 5) is 12.4. The number of methoxy groups -OCH3 is 1. The van der Waals surface area contributed by atoms with Crippen LogP contribution in [-0.4, -0.2) is 32.8 Å². The average Bonchev–Trinajstić information content (AvgIpc) is 2.71. The molecular formula is C22H24ClNO3. The minimum atomic E-state index is -0.150. The molecule has 142 valence electrons. The van der Waals surface area contributed by atoms with E-state index >= 15 is 0 Å².